The van der Waals surface area contributed by atoms with Gasteiger partial charge in [0.2, 0.25) is 5.91 Å². The minimum absolute atomic E-state index is 0.149. The van der Waals surface area contributed by atoms with E-state index < -0.39 is 0 Å². The van der Waals surface area contributed by atoms with Crippen molar-refractivity contribution < 1.29 is 9.53 Å². The number of likely N-dealkylation sites (N-methyl/N-ethyl adjacent to an activating group) is 1. The molecule has 0 spiro atoms. The summed E-state index contributed by atoms with van der Waals surface area (Å²) in [5, 5.41) is 3.27. The van der Waals surface area contributed by atoms with Crippen LogP contribution in [-0.2, 0) is 11.3 Å². The van der Waals surface area contributed by atoms with Crippen LogP contribution in [0.1, 0.15) is 33.3 Å². The highest BCUT2D eigenvalue weighted by molar-refractivity contribution is 5.81. The van der Waals surface area contributed by atoms with E-state index in [0.29, 0.717) is 13.2 Å². The van der Waals surface area contributed by atoms with Gasteiger partial charge in [-0.15, -0.1) is 0 Å². The minimum atomic E-state index is -0.175. The van der Waals surface area contributed by atoms with E-state index in [2.05, 4.69) is 5.32 Å². The first kappa shape index (κ1) is 16.5. The third-order valence-electron chi connectivity index (χ3n) is 3.27. The molecule has 0 aromatic heterocycles. The van der Waals surface area contributed by atoms with Crippen molar-refractivity contribution in [1.29, 1.82) is 0 Å². The predicted octanol–water partition coefficient (Wildman–Crippen LogP) is 2.43. The molecule has 4 nitrogen and oxygen atoms in total. The number of nitrogens with one attached hydrogen (secondary N) is 1. The van der Waals surface area contributed by atoms with Crippen LogP contribution in [0.2, 0.25) is 0 Å². The molecular formula is C16H26N2O2. The molecule has 112 valence electrons. The molecule has 0 saturated heterocycles. The normalized spacial score (nSPS) is 12.0. The van der Waals surface area contributed by atoms with Gasteiger partial charge in [-0.3, -0.25) is 4.79 Å². The van der Waals surface area contributed by atoms with Gasteiger partial charge < -0.3 is 15.0 Å². The molecule has 0 saturated carbocycles. The first-order valence-electron chi connectivity index (χ1n) is 7.36. The molecule has 20 heavy (non-hydrogen) atoms. The Kier molecular flexibility index (Phi) is 7.09. The number of hydrogen-bond donors (Lipinski definition) is 1. The third-order valence-corrected chi connectivity index (χ3v) is 3.27. The molecule has 1 amide bonds. The molecule has 1 unspecified atom stereocenters. The van der Waals surface area contributed by atoms with Gasteiger partial charge in [0.05, 0.1) is 12.6 Å². The third kappa shape index (κ3) is 4.85. The molecule has 0 heterocycles. The summed E-state index contributed by atoms with van der Waals surface area (Å²) in [5.74, 6) is 1.02. The molecule has 1 aromatic carbocycles. The lowest BCUT2D eigenvalue weighted by Gasteiger charge is -2.23. The van der Waals surface area contributed by atoms with Gasteiger partial charge in [-0.25, -0.2) is 0 Å². The monoisotopic (exact) mass is 278 g/mol. The number of benzene rings is 1. The van der Waals surface area contributed by atoms with Gasteiger partial charge in [-0.2, -0.15) is 0 Å². The fraction of sp³-hybridized carbons (Fsp3) is 0.562. The Hall–Kier alpha value is -1.55. The van der Waals surface area contributed by atoms with Gasteiger partial charge in [-0.05, 0) is 45.4 Å². The Morgan fingerprint density at radius 3 is 2.60 bits per heavy atom. The average Bonchev–Trinajstić information content (AvgIpc) is 2.46. The van der Waals surface area contributed by atoms with E-state index >= 15 is 0 Å². The van der Waals surface area contributed by atoms with Crippen LogP contribution in [0.3, 0.4) is 0 Å². The van der Waals surface area contributed by atoms with Gasteiger partial charge in [0.15, 0.2) is 0 Å². The van der Waals surface area contributed by atoms with E-state index in [-0.39, 0.29) is 11.9 Å². The van der Waals surface area contributed by atoms with Crippen LogP contribution in [0.25, 0.3) is 0 Å². The van der Waals surface area contributed by atoms with Crippen molar-refractivity contribution in [2.75, 3.05) is 19.7 Å². The quantitative estimate of drug-likeness (QED) is 0.794. The molecule has 1 N–H and O–H groups in total. The summed E-state index contributed by atoms with van der Waals surface area (Å²) in [7, 11) is 0. The maximum Gasteiger partial charge on any atom is 0.239 e. The van der Waals surface area contributed by atoms with E-state index in [1.165, 1.54) is 0 Å². The van der Waals surface area contributed by atoms with Crippen LogP contribution >= 0.6 is 0 Å². The largest absolute Gasteiger partial charge is 0.494 e. The number of amides is 1. The summed E-state index contributed by atoms with van der Waals surface area (Å²) in [6, 6.07) is 7.77. The standard InChI is InChI=1S/C16H26N2O2/c1-5-18(6-2)16(19)13(4)17-12-14-9-8-10-15(11-14)20-7-3/h8-11,13,17H,5-7,12H2,1-4H3. The SMILES string of the molecule is CCOc1cccc(CNC(C)C(=O)N(CC)CC)c1. The summed E-state index contributed by atoms with van der Waals surface area (Å²) in [4.78, 5) is 14.0. The number of nitrogens with zero attached hydrogens (tertiary/aromatic N) is 1. The number of carbonyl (C=O) groups is 1. The van der Waals surface area contributed by atoms with Crippen molar-refractivity contribution in [1.82, 2.24) is 10.2 Å². The number of rotatable bonds is 8. The minimum Gasteiger partial charge on any atom is -0.494 e. The zero-order valence-electron chi connectivity index (χ0n) is 13.0. The maximum atomic E-state index is 12.1. The molecule has 0 aliphatic carbocycles. The van der Waals surface area contributed by atoms with Gasteiger partial charge in [0, 0.05) is 19.6 Å². The number of hydrogen-bond acceptors (Lipinski definition) is 3. The molecule has 0 fully saturated rings. The molecule has 0 aliphatic heterocycles. The highest BCUT2D eigenvalue weighted by atomic mass is 16.5. The molecule has 0 radical (unpaired) electrons. The van der Waals surface area contributed by atoms with Crippen molar-refractivity contribution in [3.05, 3.63) is 29.8 Å². The van der Waals surface area contributed by atoms with Crippen LogP contribution in [0.15, 0.2) is 24.3 Å². The Labute approximate surface area is 122 Å². The molecule has 1 atom stereocenters. The van der Waals surface area contributed by atoms with Crippen molar-refractivity contribution in [3.8, 4) is 5.75 Å². The van der Waals surface area contributed by atoms with Crippen LogP contribution < -0.4 is 10.1 Å². The highest BCUT2D eigenvalue weighted by Crippen LogP contribution is 2.13. The Balaban J connectivity index is 2.53. The second-order valence-corrected chi connectivity index (χ2v) is 4.69. The van der Waals surface area contributed by atoms with Gasteiger partial charge in [-0.1, -0.05) is 12.1 Å². The fourth-order valence-corrected chi connectivity index (χ4v) is 2.08. The van der Waals surface area contributed by atoms with Crippen LogP contribution in [-0.4, -0.2) is 36.5 Å². The molecule has 0 bridgehead atoms. The van der Waals surface area contributed by atoms with Crippen molar-refractivity contribution in [2.45, 2.75) is 40.3 Å². The maximum absolute atomic E-state index is 12.1. The van der Waals surface area contributed by atoms with Crippen molar-refractivity contribution in [3.63, 3.8) is 0 Å². The fourth-order valence-electron chi connectivity index (χ4n) is 2.08. The summed E-state index contributed by atoms with van der Waals surface area (Å²) in [6.07, 6.45) is 0. The first-order chi connectivity index (χ1) is 9.62. The second kappa shape index (κ2) is 8.59. The average molecular weight is 278 g/mol. The lowest BCUT2D eigenvalue weighted by atomic mass is 10.2. The molecule has 1 aromatic rings. The Morgan fingerprint density at radius 2 is 2.00 bits per heavy atom. The van der Waals surface area contributed by atoms with E-state index in [1.54, 1.807) is 0 Å². The summed E-state index contributed by atoms with van der Waals surface area (Å²) in [5.41, 5.74) is 1.12. The van der Waals surface area contributed by atoms with Crippen LogP contribution in [0, 0.1) is 0 Å². The van der Waals surface area contributed by atoms with Crippen molar-refractivity contribution >= 4 is 5.91 Å². The topological polar surface area (TPSA) is 41.6 Å². The van der Waals surface area contributed by atoms with E-state index in [9.17, 15) is 4.79 Å². The van der Waals surface area contributed by atoms with Crippen LogP contribution in [0.5, 0.6) is 5.75 Å². The van der Waals surface area contributed by atoms with E-state index in [0.717, 1.165) is 24.4 Å². The van der Waals surface area contributed by atoms with E-state index in [1.807, 2.05) is 56.9 Å². The lowest BCUT2D eigenvalue weighted by molar-refractivity contribution is -0.132. The second-order valence-electron chi connectivity index (χ2n) is 4.69. The number of carbonyl (C=O) groups excluding carboxylic acids is 1. The zero-order valence-corrected chi connectivity index (χ0v) is 13.0. The summed E-state index contributed by atoms with van der Waals surface area (Å²) in [6.45, 7) is 10.7. The Morgan fingerprint density at radius 1 is 1.30 bits per heavy atom. The molecule has 0 aliphatic rings. The molecular weight excluding hydrogens is 252 g/mol. The molecule has 1 rings (SSSR count). The lowest BCUT2D eigenvalue weighted by Crippen LogP contribution is -2.44. The highest BCUT2D eigenvalue weighted by Gasteiger charge is 2.17. The predicted molar refractivity (Wildman–Crippen MR) is 81.8 cm³/mol. The molecule has 4 heteroatoms. The van der Waals surface area contributed by atoms with Gasteiger partial charge in [0.25, 0.3) is 0 Å². The number of ether oxygens (including phenoxy) is 1. The Bertz CT molecular complexity index is 417. The smallest absolute Gasteiger partial charge is 0.239 e. The first-order valence-corrected chi connectivity index (χ1v) is 7.36. The van der Waals surface area contributed by atoms with Crippen LogP contribution in [0.4, 0.5) is 0 Å². The zero-order chi connectivity index (χ0) is 15.0. The van der Waals surface area contributed by atoms with Crippen molar-refractivity contribution in [2.24, 2.45) is 0 Å². The summed E-state index contributed by atoms with van der Waals surface area (Å²) >= 11 is 0. The van der Waals surface area contributed by atoms with E-state index in [4.69, 9.17) is 4.74 Å². The van der Waals surface area contributed by atoms with Gasteiger partial charge >= 0.3 is 0 Å². The van der Waals surface area contributed by atoms with Gasteiger partial charge in [0.1, 0.15) is 5.75 Å². The summed E-state index contributed by atoms with van der Waals surface area (Å²) < 4.78 is 5.47.